The van der Waals surface area contributed by atoms with Crippen molar-refractivity contribution in [2.24, 2.45) is 5.41 Å². The second-order valence-electron chi connectivity index (χ2n) is 6.81. The molecule has 1 unspecified atom stereocenters. The minimum atomic E-state index is 0.0545. The van der Waals surface area contributed by atoms with Crippen LogP contribution in [0.4, 0.5) is 0 Å². The molecule has 0 N–H and O–H groups in total. The topological polar surface area (TPSA) is 42.4 Å². The second-order valence-corrected chi connectivity index (χ2v) is 6.81. The summed E-state index contributed by atoms with van der Waals surface area (Å²) in [5, 5.41) is 1.07. The van der Waals surface area contributed by atoms with Gasteiger partial charge in [-0.05, 0) is 37.8 Å². The van der Waals surface area contributed by atoms with Crippen molar-refractivity contribution >= 4 is 16.8 Å². The van der Waals surface area contributed by atoms with E-state index in [2.05, 4.69) is 4.98 Å². The van der Waals surface area contributed by atoms with E-state index in [-0.39, 0.29) is 5.91 Å². The molecule has 2 aliphatic rings. The fourth-order valence-corrected chi connectivity index (χ4v) is 4.11. The summed E-state index contributed by atoms with van der Waals surface area (Å²) in [5.41, 5.74) is 1.75. The maximum absolute atomic E-state index is 12.7. The lowest BCUT2D eigenvalue weighted by molar-refractivity contribution is -0.116. The van der Waals surface area contributed by atoms with Crippen LogP contribution in [0.1, 0.15) is 36.2 Å². The van der Waals surface area contributed by atoms with E-state index in [1.165, 1.54) is 6.42 Å². The highest BCUT2D eigenvalue weighted by atomic mass is 16.5. The lowest BCUT2D eigenvalue weighted by atomic mass is 9.61. The van der Waals surface area contributed by atoms with Crippen LogP contribution in [0.2, 0.25) is 0 Å². The Balaban J connectivity index is 1.49. The molecule has 1 spiro atoms. The van der Waals surface area contributed by atoms with Crippen molar-refractivity contribution < 1.29 is 9.53 Å². The number of ether oxygens (including phenoxy) is 1. The first-order valence-corrected chi connectivity index (χ1v) is 8.40. The lowest BCUT2D eigenvalue weighted by Gasteiger charge is -2.53. The van der Waals surface area contributed by atoms with Crippen molar-refractivity contribution in [3.8, 4) is 0 Å². The minimum Gasteiger partial charge on any atom is -0.381 e. The smallest absolute Gasteiger partial charge is 0.272 e. The van der Waals surface area contributed by atoms with Gasteiger partial charge in [0, 0.05) is 31.0 Å². The first-order valence-electron chi connectivity index (χ1n) is 8.40. The van der Waals surface area contributed by atoms with E-state index in [0.29, 0.717) is 17.2 Å². The van der Waals surface area contributed by atoms with Crippen molar-refractivity contribution in [3.63, 3.8) is 0 Å². The summed E-state index contributed by atoms with van der Waals surface area (Å²) >= 11 is 0. The lowest BCUT2D eigenvalue weighted by Crippen LogP contribution is -2.54. The van der Waals surface area contributed by atoms with Crippen LogP contribution < -0.4 is 0 Å². The third kappa shape index (κ3) is 2.41. The average Bonchev–Trinajstić information content (AvgIpc) is 2.60. The van der Waals surface area contributed by atoms with Gasteiger partial charge in [-0.3, -0.25) is 4.79 Å². The molecular weight excluding hydrogens is 288 g/mol. The van der Waals surface area contributed by atoms with Crippen LogP contribution in [0.5, 0.6) is 0 Å². The zero-order valence-electron chi connectivity index (χ0n) is 13.5. The van der Waals surface area contributed by atoms with Gasteiger partial charge in [-0.2, -0.15) is 0 Å². The van der Waals surface area contributed by atoms with E-state index >= 15 is 0 Å². The standard InChI is InChI=1S/C19H22N2O2/c1-23-17-8-9-19(17)10-12-21(13-11-19)18(22)16-7-6-14-4-2-3-5-15(14)20-16/h2-7,17H,8-13H2,1H3. The van der Waals surface area contributed by atoms with Crippen molar-refractivity contribution in [2.75, 3.05) is 20.2 Å². The highest BCUT2D eigenvalue weighted by molar-refractivity contribution is 5.95. The average molecular weight is 310 g/mol. The molecule has 2 aromatic rings. The molecule has 4 nitrogen and oxygen atoms in total. The number of hydrogen-bond donors (Lipinski definition) is 0. The van der Waals surface area contributed by atoms with Crippen LogP contribution in [0, 0.1) is 5.41 Å². The van der Waals surface area contributed by atoms with Crippen molar-refractivity contribution in [1.29, 1.82) is 0 Å². The van der Waals surface area contributed by atoms with Gasteiger partial charge in [0.15, 0.2) is 0 Å². The molecule has 1 saturated heterocycles. The van der Waals surface area contributed by atoms with Crippen LogP contribution >= 0.6 is 0 Å². The van der Waals surface area contributed by atoms with Crippen LogP contribution in [-0.4, -0.2) is 42.1 Å². The maximum Gasteiger partial charge on any atom is 0.272 e. The molecule has 2 fully saturated rings. The van der Waals surface area contributed by atoms with Crippen molar-refractivity contribution in [3.05, 3.63) is 42.1 Å². The first-order chi connectivity index (χ1) is 11.2. The molecule has 120 valence electrons. The van der Waals surface area contributed by atoms with Gasteiger partial charge in [0.05, 0.1) is 11.6 Å². The number of amides is 1. The van der Waals surface area contributed by atoms with Crippen LogP contribution in [0.15, 0.2) is 36.4 Å². The first kappa shape index (κ1) is 14.6. The third-order valence-electron chi connectivity index (χ3n) is 5.74. The van der Waals surface area contributed by atoms with E-state index in [0.717, 1.165) is 43.3 Å². The van der Waals surface area contributed by atoms with Crippen LogP contribution in [-0.2, 0) is 4.74 Å². The predicted molar refractivity (Wildman–Crippen MR) is 89.3 cm³/mol. The van der Waals surface area contributed by atoms with Gasteiger partial charge >= 0.3 is 0 Å². The number of aromatic nitrogens is 1. The van der Waals surface area contributed by atoms with Crippen LogP contribution in [0.3, 0.4) is 0 Å². The highest BCUT2D eigenvalue weighted by Gasteiger charge is 2.49. The Morgan fingerprint density at radius 2 is 1.96 bits per heavy atom. The van der Waals surface area contributed by atoms with E-state index in [9.17, 15) is 4.79 Å². The number of carbonyl (C=O) groups excluding carboxylic acids is 1. The van der Waals surface area contributed by atoms with Gasteiger partial charge in [0.2, 0.25) is 0 Å². The summed E-state index contributed by atoms with van der Waals surface area (Å²) < 4.78 is 5.59. The van der Waals surface area contributed by atoms with E-state index in [1.54, 1.807) is 0 Å². The van der Waals surface area contributed by atoms with Crippen LogP contribution in [0.25, 0.3) is 10.9 Å². The second kappa shape index (κ2) is 5.60. The van der Waals surface area contributed by atoms with Crippen molar-refractivity contribution in [1.82, 2.24) is 9.88 Å². The fraction of sp³-hybridized carbons (Fsp3) is 0.474. The molecule has 0 bridgehead atoms. The number of carbonyl (C=O) groups is 1. The molecule has 1 aliphatic heterocycles. The fourth-order valence-electron chi connectivity index (χ4n) is 4.11. The number of pyridine rings is 1. The van der Waals surface area contributed by atoms with Crippen molar-refractivity contribution in [2.45, 2.75) is 31.8 Å². The number of rotatable bonds is 2. The molecule has 1 atom stereocenters. The zero-order chi connectivity index (χ0) is 15.9. The molecule has 4 rings (SSSR count). The number of methoxy groups -OCH3 is 1. The summed E-state index contributed by atoms with van der Waals surface area (Å²) in [6.07, 6.45) is 4.88. The number of nitrogens with zero attached hydrogens (tertiary/aromatic N) is 2. The molecule has 1 amide bonds. The molecule has 1 aliphatic carbocycles. The summed E-state index contributed by atoms with van der Waals surface area (Å²) in [6.45, 7) is 1.63. The third-order valence-corrected chi connectivity index (χ3v) is 5.74. The van der Waals surface area contributed by atoms with Gasteiger partial charge in [-0.25, -0.2) is 4.98 Å². The molecule has 1 saturated carbocycles. The zero-order valence-corrected chi connectivity index (χ0v) is 13.5. The monoisotopic (exact) mass is 310 g/mol. The van der Waals surface area contributed by atoms with Gasteiger partial charge in [0.1, 0.15) is 5.69 Å². The Bertz CT molecular complexity index is 733. The summed E-state index contributed by atoms with van der Waals surface area (Å²) in [7, 11) is 1.81. The Labute approximate surface area is 136 Å². The van der Waals surface area contributed by atoms with Gasteiger partial charge in [-0.1, -0.05) is 24.3 Å². The number of hydrogen-bond acceptors (Lipinski definition) is 3. The predicted octanol–water partition coefficient (Wildman–Crippen LogP) is 3.27. The highest BCUT2D eigenvalue weighted by Crippen LogP contribution is 2.50. The Morgan fingerprint density at radius 1 is 1.17 bits per heavy atom. The molecule has 1 aromatic heterocycles. The molecule has 23 heavy (non-hydrogen) atoms. The molecule has 1 aromatic carbocycles. The normalized spacial score (nSPS) is 23.0. The molecule has 2 heterocycles. The molecular formula is C19H22N2O2. The minimum absolute atomic E-state index is 0.0545. The van der Waals surface area contributed by atoms with Gasteiger partial charge in [0.25, 0.3) is 5.91 Å². The number of fused-ring (bicyclic) bond motifs is 1. The summed E-state index contributed by atoms with van der Waals surface area (Å²) in [6, 6.07) is 11.7. The largest absolute Gasteiger partial charge is 0.381 e. The van der Waals surface area contributed by atoms with Gasteiger partial charge < -0.3 is 9.64 Å². The summed E-state index contributed by atoms with van der Waals surface area (Å²) in [4.78, 5) is 19.2. The summed E-state index contributed by atoms with van der Waals surface area (Å²) in [5.74, 6) is 0.0545. The Kier molecular flexibility index (Phi) is 3.57. The SMILES string of the molecule is COC1CCC12CCN(C(=O)c1ccc3ccccc3n1)CC2. The Hall–Kier alpha value is -1.94. The molecule has 4 heteroatoms. The quantitative estimate of drug-likeness (QED) is 0.855. The number of likely N-dealkylation sites (tertiary alicyclic amines) is 1. The number of benzene rings is 1. The van der Waals surface area contributed by atoms with E-state index in [1.807, 2.05) is 48.4 Å². The molecule has 0 radical (unpaired) electrons. The Morgan fingerprint density at radius 3 is 2.65 bits per heavy atom. The van der Waals surface area contributed by atoms with Gasteiger partial charge in [-0.15, -0.1) is 0 Å². The number of para-hydroxylation sites is 1. The van der Waals surface area contributed by atoms with E-state index < -0.39 is 0 Å². The van der Waals surface area contributed by atoms with E-state index in [4.69, 9.17) is 4.74 Å². The number of piperidine rings is 1. The maximum atomic E-state index is 12.7.